The Hall–Kier alpha value is -2.82. The van der Waals surface area contributed by atoms with Crippen molar-refractivity contribution in [3.63, 3.8) is 0 Å². The molecule has 0 aliphatic carbocycles. The van der Waals surface area contributed by atoms with Gasteiger partial charge in [-0.1, -0.05) is 18.2 Å². The number of benzene rings is 2. The van der Waals surface area contributed by atoms with E-state index in [1.165, 1.54) is 0 Å². The molecule has 0 spiro atoms. The highest BCUT2D eigenvalue weighted by Crippen LogP contribution is 2.34. The van der Waals surface area contributed by atoms with Crippen LogP contribution in [0.5, 0.6) is 0 Å². The normalized spacial score (nSPS) is 11.5. The number of aryl methyl sites for hydroxylation is 1. The van der Waals surface area contributed by atoms with Crippen molar-refractivity contribution in [1.29, 1.82) is 0 Å². The largest absolute Gasteiger partial charge is 0.454 e. The topological polar surface area (TPSA) is 57.0 Å². The highest BCUT2D eigenvalue weighted by molar-refractivity contribution is 5.96. The second-order valence-corrected chi connectivity index (χ2v) is 4.98. The molecule has 5 heteroatoms. The fourth-order valence-corrected chi connectivity index (χ4v) is 2.60. The fourth-order valence-electron chi connectivity index (χ4n) is 2.60. The molecule has 0 bridgehead atoms. The van der Waals surface area contributed by atoms with Crippen molar-refractivity contribution in [1.82, 2.24) is 9.78 Å². The van der Waals surface area contributed by atoms with Crippen LogP contribution < -0.4 is 5.73 Å². The van der Waals surface area contributed by atoms with E-state index in [1.807, 2.05) is 30.3 Å². The molecule has 4 aromatic rings. The SMILES string of the molecule is Cn1nc(-c2cc3ccccc3o2)c2c(F)c(N)ccc21. The van der Waals surface area contributed by atoms with Crippen molar-refractivity contribution in [2.75, 3.05) is 5.73 Å². The van der Waals surface area contributed by atoms with Crippen LogP contribution in [0, 0.1) is 5.82 Å². The van der Waals surface area contributed by atoms with E-state index in [2.05, 4.69) is 5.10 Å². The van der Waals surface area contributed by atoms with Crippen LogP contribution in [0.4, 0.5) is 10.1 Å². The predicted octanol–water partition coefficient (Wildman–Crippen LogP) is 3.71. The first-order valence-electron chi connectivity index (χ1n) is 6.55. The third kappa shape index (κ3) is 1.64. The Bertz CT molecular complexity index is 951. The lowest BCUT2D eigenvalue weighted by atomic mass is 10.1. The molecule has 0 saturated heterocycles. The number of para-hydroxylation sites is 1. The van der Waals surface area contributed by atoms with Crippen LogP contribution in [0.25, 0.3) is 33.3 Å². The fraction of sp³-hybridized carbons (Fsp3) is 0.0625. The molecule has 0 amide bonds. The molecule has 0 saturated carbocycles. The van der Waals surface area contributed by atoms with E-state index >= 15 is 0 Å². The zero-order valence-electron chi connectivity index (χ0n) is 11.3. The van der Waals surface area contributed by atoms with Gasteiger partial charge in [0.25, 0.3) is 0 Å². The zero-order valence-corrected chi connectivity index (χ0v) is 11.3. The van der Waals surface area contributed by atoms with Crippen LogP contribution in [0.3, 0.4) is 0 Å². The molecule has 0 unspecified atom stereocenters. The summed E-state index contributed by atoms with van der Waals surface area (Å²) in [6.45, 7) is 0. The van der Waals surface area contributed by atoms with Gasteiger partial charge in [-0.2, -0.15) is 5.10 Å². The zero-order chi connectivity index (χ0) is 14.6. The van der Waals surface area contributed by atoms with Gasteiger partial charge in [-0.05, 0) is 24.3 Å². The molecular formula is C16H12FN3O. The standard InChI is InChI=1S/C16H12FN3O/c1-20-11-7-6-10(18)15(17)14(11)16(19-20)13-8-9-4-2-3-5-12(9)21-13/h2-8H,18H2,1H3. The molecule has 0 fully saturated rings. The summed E-state index contributed by atoms with van der Waals surface area (Å²) in [7, 11) is 1.77. The van der Waals surface area contributed by atoms with Gasteiger partial charge in [0.05, 0.1) is 16.6 Å². The van der Waals surface area contributed by atoms with E-state index in [-0.39, 0.29) is 5.69 Å². The van der Waals surface area contributed by atoms with Crippen molar-refractivity contribution in [2.45, 2.75) is 0 Å². The van der Waals surface area contributed by atoms with Gasteiger partial charge in [0.2, 0.25) is 0 Å². The van der Waals surface area contributed by atoms with E-state index in [9.17, 15) is 4.39 Å². The maximum atomic E-state index is 14.4. The monoisotopic (exact) mass is 281 g/mol. The molecule has 2 aromatic carbocycles. The van der Waals surface area contributed by atoms with Gasteiger partial charge < -0.3 is 10.2 Å². The highest BCUT2D eigenvalue weighted by Gasteiger charge is 2.19. The number of aromatic nitrogens is 2. The maximum Gasteiger partial charge on any atom is 0.157 e. The Morgan fingerprint density at radius 2 is 2.00 bits per heavy atom. The highest BCUT2D eigenvalue weighted by atomic mass is 19.1. The van der Waals surface area contributed by atoms with Gasteiger partial charge in [0, 0.05) is 12.4 Å². The van der Waals surface area contributed by atoms with Gasteiger partial charge in [0.15, 0.2) is 11.6 Å². The number of furan rings is 1. The quantitative estimate of drug-likeness (QED) is 0.541. The van der Waals surface area contributed by atoms with Crippen molar-refractivity contribution in [3.8, 4) is 11.5 Å². The van der Waals surface area contributed by atoms with Gasteiger partial charge in [-0.15, -0.1) is 0 Å². The Morgan fingerprint density at radius 1 is 1.19 bits per heavy atom. The molecule has 2 aromatic heterocycles. The minimum absolute atomic E-state index is 0.105. The van der Waals surface area contributed by atoms with E-state index in [4.69, 9.17) is 10.2 Å². The summed E-state index contributed by atoms with van der Waals surface area (Å²) in [4.78, 5) is 0. The number of hydrogen-bond donors (Lipinski definition) is 1. The Labute approximate surface area is 119 Å². The molecule has 0 aliphatic heterocycles. The molecule has 2 N–H and O–H groups in total. The average molecular weight is 281 g/mol. The first-order valence-corrected chi connectivity index (χ1v) is 6.55. The lowest BCUT2D eigenvalue weighted by Gasteiger charge is -1.99. The summed E-state index contributed by atoms with van der Waals surface area (Å²) < 4.78 is 21.8. The van der Waals surface area contributed by atoms with Crippen LogP contribution in [0.1, 0.15) is 0 Å². The van der Waals surface area contributed by atoms with Gasteiger partial charge >= 0.3 is 0 Å². The number of fused-ring (bicyclic) bond motifs is 2. The number of nitrogens with zero attached hydrogens (tertiary/aromatic N) is 2. The summed E-state index contributed by atoms with van der Waals surface area (Å²) in [5, 5.41) is 5.72. The van der Waals surface area contributed by atoms with E-state index in [0.717, 1.165) is 11.0 Å². The third-order valence-corrected chi connectivity index (χ3v) is 3.64. The summed E-state index contributed by atoms with van der Waals surface area (Å²) in [6.07, 6.45) is 0. The minimum Gasteiger partial charge on any atom is -0.454 e. The number of hydrogen-bond acceptors (Lipinski definition) is 3. The number of nitrogens with two attached hydrogens (primary N) is 1. The lowest BCUT2D eigenvalue weighted by Crippen LogP contribution is -1.92. The van der Waals surface area contributed by atoms with Crippen LogP contribution in [0.15, 0.2) is 46.9 Å². The number of anilines is 1. The number of rotatable bonds is 1. The summed E-state index contributed by atoms with van der Waals surface area (Å²) in [6, 6.07) is 12.8. The van der Waals surface area contributed by atoms with Crippen LogP contribution in [-0.2, 0) is 7.05 Å². The first-order chi connectivity index (χ1) is 10.1. The van der Waals surface area contributed by atoms with E-state index in [0.29, 0.717) is 22.4 Å². The molecule has 4 nitrogen and oxygen atoms in total. The van der Waals surface area contributed by atoms with Gasteiger partial charge in [-0.3, -0.25) is 4.68 Å². The predicted molar refractivity (Wildman–Crippen MR) is 80.3 cm³/mol. The molecular weight excluding hydrogens is 269 g/mol. The van der Waals surface area contributed by atoms with Crippen molar-refractivity contribution in [3.05, 3.63) is 48.3 Å². The van der Waals surface area contributed by atoms with E-state index < -0.39 is 5.82 Å². The second kappa shape index (κ2) is 4.09. The molecule has 2 heterocycles. The molecule has 0 atom stereocenters. The van der Waals surface area contributed by atoms with Gasteiger partial charge in [-0.25, -0.2) is 4.39 Å². The van der Waals surface area contributed by atoms with Crippen LogP contribution >= 0.6 is 0 Å². The Morgan fingerprint density at radius 3 is 2.81 bits per heavy atom. The number of nitrogen functional groups attached to an aromatic ring is 1. The maximum absolute atomic E-state index is 14.4. The second-order valence-electron chi connectivity index (χ2n) is 4.98. The van der Waals surface area contributed by atoms with Crippen LogP contribution in [-0.4, -0.2) is 9.78 Å². The van der Waals surface area contributed by atoms with Crippen LogP contribution in [0.2, 0.25) is 0 Å². The van der Waals surface area contributed by atoms with Gasteiger partial charge in [0.1, 0.15) is 11.3 Å². The van der Waals surface area contributed by atoms with Crippen molar-refractivity contribution in [2.24, 2.45) is 7.05 Å². The first kappa shape index (κ1) is 12.0. The minimum atomic E-state index is -0.462. The third-order valence-electron chi connectivity index (χ3n) is 3.64. The number of halogens is 1. The molecule has 104 valence electrons. The summed E-state index contributed by atoms with van der Waals surface area (Å²) >= 11 is 0. The Balaban J connectivity index is 2.08. The van der Waals surface area contributed by atoms with E-state index in [1.54, 1.807) is 23.9 Å². The molecule has 0 aliphatic rings. The lowest BCUT2D eigenvalue weighted by molar-refractivity contribution is 0.623. The summed E-state index contributed by atoms with van der Waals surface area (Å²) in [5.74, 6) is 0.0716. The smallest absolute Gasteiger partial charge is 0.157 e. The average Bonchev–Trinajstić information content (AvgIpc) is 3.04. The molecule has 4 rings (SSSR count). The molecule has 0 radical (unpaired) electrons. The molecule has 21 heavy (non-hydrogen) atoms. The summed E-state index contributed by atoms with van der Waals surface area (Å²) in [5.41, 5.74) is 7.67. The van der Waals surface area contributed by atoms with Crippen molar-refractivity contribution < 1.29 is 8.81 Å². The Kier molecular flexibility index (Phi) is 2.33. The van der Waals surface area contributed by atoms with Crippen molar-refractivity contribution >= 4 is 27.6 Å².